The lowest BCUT2D eigenvalue weighted by molar-refractivity contribution is -0.144. The molecule has 0 unspecified atom stereocenters. The molecule has 4 nitrogen and oxygen atoms in total. The summed E-state index contributed by atoms with van der Waals surface area (Å²) in [5.41, 5.74) is -1.55. The second-order valence-electron chi connectivity index (χ2n) is 4.15. The highest BCUT2D eigenvalue weighted by atomic mass is 79.9. The Bertz CT molecular complexity index is 501. The zero-order valence-corrected chi connectivity index (χ0v) is 12.3. The maximum atomic E-state index is 13.8. The van der Waals surface area contributed by atoms with Crippen molar-refractivity contribution in [1.82, 2.24) is 5.32 Å². The number of carbonyl (C=O) groups excluding carboxylic acids is 1. The van der Waals surface area contributed by atoms with Crippen molar-refractivity contribution in [2.24, 2.45) is 0 Å². The molecule has 0 aromatic heterocycles. The van der Waals surface area contributed by atoms with Crippen molar-refractivity contribution in [3.63, 3.8) is 0 Å². The predicted molar refractivity (Wildman–Crippen MR) is 72.5 cm³/mol. The van der Waals surface area contributed by atoms with Crippen molar-refractivity contribution in [2.75, 3.05) is 0 Å². The van der Waals surface area contributed by atoms with Crippen molar-refractivity contribution in [3.05, 3.63) is 34.1 Å². The lowest BCUT2D eigenvalue weighted by Crippen LogP contribution is -2.53. The Balaban J connectivity index is 3.08. The monoisotopic (exact) mass is 331 g/mol. The van der Waals surface area contributed by atoms with E-state index >= 15 is 0 Å². The van der Waals surface area contributed by atoms with Crippen LogP contribution >= 0.6 is 15.9 Å². The molecule has 0 aliphatic carbocycles. The molecule has 1 aromatic carbocycles. The van der Waals surface area contributed by atoms with E-state index in [9.17, 15) is 19.1 Å². The van der Waals surface area contributed by atoms with Crippen LogP contribution in [0, 0.1) is 5.82 Å². The summed E-state index contributed by atoms with van der Waals surface area (Å²) in [5.74, 6) is -2.56. The molecule has 0 radical (unpaired) electrons. The van der Waals surface area contributed by atoms with Gasteiger partial charge in [0.05, 0.1) is 10.0 Å². The number of nitrogens with one attached hydrogen (secondary N) is 1. The maximum Gasteiger partial charge on any atom is 0.329 e. The highest BCUT2D eigenvalue weighted by Crippen LogP contribution is 2.21. The van der Waals surface area contributed by atoms with Crippen LogP contribution in [0.5, 0.6) is 0 Å². The third-order valence-corrected chi connectivity index (χ3v) is 3.78. The summed E-state index contributed by atoms with van der Waals surface area (Å²) in [6.07, 6.45) is 0.445. The highest BCUT2D eigenvalue weighted by molar-refractivity contribution is 9.10. The van der Waals surface area contributed by atoms with E-state index < -0.39 is 23.2 Å². The molecule has 6 heteroatoms. The minimum atomic E-state index is -1.37. The number of carbonyl (C=O) groups is 2. The molecule has 0 fully saturated rings. The lowest BCUT2D eigenvalue weighted by Gasteiger charge is -2.28. The van der Waals surface area contributed by atoms with E-state index in [-0.39, 0.29) is 22.9 Å². The number of benzene rings is 1. The predicted octanol–water partition coefficient (Wildman–Crippen LogP) is 2.96. The first-order valence-corrected chi connectivity index (χ1v) is 6.67. The van der Waals surface area contributed by atoms with Crippen LogP contribution in [-0.2, 0) is 4.79 Å². The quantitative estimate of drug-likeness (QED) is 0.871. The molecule has 1 aromatic rings. The molecule has 1 amide bonds. The minimum Gasteiger partial charge on any atom is -0.480 e. The maximum absolute atomic E-state index is 13.8. The topological polar surface area (TPSA) is 66.4 Å². The Hall–Kier alpha value is -1.43. The number of rotatable bonds is 5. The highest BCUT2D eigenvalue weighted by Gasteiger charge is 2.37. The Morgan fingerprint density at radius 1 is 1.37 bits per heavy atom. The van der Waals surface area contributed by atoms with Gasteiger partial charge in [-0.25, -0.2) is 9.18 Å². The van der Waals surface area contributed by atoms with Gasteiger partial charge < -0.3 is 10.4 Å². The van der Waals surface area contributed by atoms with Crippen molar-refractivity contribution < 1.29 is 19.1 Å². The molecule has 1 rings (SSSR count). The number of aliphatic carboxylic acids is 1. The van der Waals surface area contributed by atoms with Gasteiger partial charge in [0.2, 0.25) is 0 Å². The molecule has 0 heterocycles. The van der Waals surface area contributed by atoms with Crippen LogP contribution < -0.4 is 5.32 Å². The number of hydrogen-bond donors (Lipinski definition) is 2. The Morgan fingerprint density at radius 3 is 2.42 bits per heavy atom. The van der Waals surface area contributed by atoms with Crippen LogP contribution in [0.2, 0.25) is 0 Å². The fourth-order valence-electron chi connectivity index (χ4n) is 1.75. The molecule has 0 saturated carbocycles. The van der Waals surface area contributed by atoms with Gasteiger partial charge in [0.15, 0.2) is 0 Å². The first-order chi connectivity index (χ1) is 8.88. The van der Waals surface area contributed by atoms with Gasteiger partial charge in [0.1, 0.15) is 11.4 Å². The molecular formula is C13H15BrFNO3. The standard InChI is InChI=1S/C13H15BrFNO3/c1-3-13(4-2,12(18)19)16-11(17)8-6-5-7-9(14)10(8)15/h5-7H,3-4H2,1-2H3,(H,16,17)(H,18,19). The van der Waals surface area contributed by atoms with Crippen LogP contribution in [0.4, 0.5) is 4.39 Å². The molecule has 0 spiro atoms. The van der Waals surface area contributed by atoms with Gasteiger partial charge in [0, 0.05) is 0 Å². The zero-order valence-electron chi connectivity index (χ0n) is 10.7. The van der Waals surface area contributed by atoms with E-state index in [2.05, 4.69) is 21.2 Å². The second kappa shape index (κ2) is 6.14. The summed E-state index contributed by atoms with van der Waals surface area (Å²) in [7, 11) is 0. The van der Waals surface area contributed by atoms with E-state index in [1.807, 2.05) is 0 Å². The molecule has 2 N–H and O–H groups in total. The van der Waals surface area contributed by atoms with Crippen LogP contribution in [-0.4, -0.2) is 22.5 Å². The average molecular weight is 332 g/mol. The SMILES string of the molecule is CCC(CC)(NC(=O)c1cccc(Br)c1F)C(=O)O. The molecule has 104 valence electrons. The molecule has 19 heavy (non-hydrogen) atoms. The smallest absolute Gasteiger partial charge is 0.329 e. The van der Waals surface area contributed by atoms with E-state index in [0.29, 0.717) is 0 Å². The third-order valence-electron chi connectivity index (χ3n) is 3.17. The fourth-order valence-corrected chi connectivity index (χ4v) is 2.11. The molecule has 0 aliphatic heterocycles. The molecule has 0 bridgehead atoms. The van der Waals surface area contributed by atoms with Gasteiger partial charge in [-0.05, 0) is 40.9 Å². The molecule has 0 aliphatic rings. The van der Waals surface area contributed by atoms with E-state index in [4.69, 9.17) is 0 Å². The fraction of sp³-hybridized carbons (Fsp3) is 0.385. The first-order valence-electron chi connectivity index (χ1n) is 5.88. The van der Waals surface area contributed by atoms with Crippen molar-refractivity contribution in [2.45, 2.75) is 32.2 Å². The van der Waals surface area contributed by atoms with Gasteiger partial charge in [-0.2, -0.15) is 0 Å². The molecular weight excluding hydrogens is 317 g/mol. The normalized spacial score (nSPS) is 11.2. The second-order valence-corrected chi connectivity index (χ2v) is 5.00. The number of halogens is 2. The first kappa shape index (κ1) is 15.6. The van der Waals surface area contributed by atoms with E-state index in [1.54, 1.807) is 13.8 Å². The van der Waals surface area contributed by atoms with Crippen molar-refractivity contribution in [3.8, 4) is 0 Å². The van der Waals surface area contributed by atoms with Gasteiger partial charge in [-0.15, -0.1) is 0 Å². The Morgan fingerprint density at radius 2 is 1.95 bits per heavy atom. The Kier molecular flexibility index (Phi) is 5.05. The summed E-state index contributed by atoms with van der Waals surface area (Å²) in [6.45, 7) is 3.32. The van der Waals surface area contributed by atoms with Crippen molar-refractivity contribution in [1.29, 1.82) is 0 Å². The largest absolute Gasteiger partial charge is 0.480 e. The van der Waals surface area contributed by atoms with E-state index in [0.717, 1.165) is 0 Å². The van der Waals surface area contributed by atoms with Crippen LogP contribution in [0.25, 0.3) is 0 Å². The number of carboxylic acids is 1. The van der Waals surface area contributed by atoms with Gasteiger partial charge in [-0.3, -0.25) is 4.79 Å². The summed E-state index contributed by atoms with van der Waals surface area (Å²) in [5, 5.41) is 11.6. The van der Waals surface area contributed by atoms with Crippen LogP contribution in [0.1, 0.15) is 37.0 Å². The van der Waals surface area contributed by atoms with Gasteiger partial charge in [-0.1, -0.05) is 19.9 Å². The van der Waals surface area contributed by atoms with Gasteiger partial charge in [0.25, 0.3) is 5.91 Å². The zero-order chi connectivity index (χ0) is 14.6. The summed E-state index contributed by atoms with van der Waals surface area (Å²) in [6, 6.07) is 4.30. The van der Waals surface area contributed by atoms with Crippen molar-refractivity contribution >= 4 is 27.8 Å². The summed E-state index contributed by atoms with van der Waals surface area (Å²) in [4.78, 5) is 23.3. The summed E-state index contributed by atoms with van der Waals surface area (Å²) < 4.78 is 13.9. The molecule has 0 saturated heterocycles. The van der Waals surface area contributed by atoms with Gasteiger partial charge >= 0.3 is 5.97 Å². The number of carboxylic acid groups (broad SMARTS) is 1. The average Bonchev–Trinajstić information content (AvgIpc) is 2.38. The minimum absolute atomic E-state index is 0.161. The Labute approximate surface area is 119 Å². The number of amides is 1. The van der Waals surface area contributed by atoms with Crippen LogP contribution in [0.15, 0.2) is 22.7 Å². The van der Waals surface area contributed by atoms with E-state index in [1.165, 1.54) is 18.2 Å². The van der Waals surface area contributed by atoms with Crippen LogP contribution in [0.3, 0.4) is 0 Å². The third kappa shape index (κ3) is 3.12. The number of hydrogen-bond acceptors (Lipinski definition) is 2. The molecule has 0 atom stereocenters. The summed E-state index contributed by atoms with van der Waals surface area (Å²) >= 11 is 2.99. The lowest BCUT2D eigenvalue weighted by atomic mass is 9.92.